The van der Waals surface area contributed by atoms with Crippen molar-refractivity contribution in [1.29, 1.82) is 5.26 Å². The number of hydrogen-bond donors (Lipinski definition) is 0. The summed E-state index contributed by atoms with van der Waals surface area (Å²) in [6, 6.07) is 7.32. The summed E-state index contributed by atoms with van der Waals surface area (Å²) in [5, 5.41) is 11.5. The molecule has 0 saturated carbocycles. The Morgan fingerprint density at radius 2 is 2.21 bits per heavy atom. The molecule has 1 aromatic carbocycles. The molecular formula is C10H7Cl2NS. The SMILES string of the molecule is CC(C#N)=CSc1ccc(Cl)cc1Cl. The van der Waals surface area contributed by atoms with Gasteiger partial charge >= 0.3 is 0 Å². The second-order valence-electron chi connectivity index (χ2n) is 2.61. The van der Waals surface area contributed by atoms with Gasteiger partial charge in [-0.2, -0.15) is 5.26 Å². The van der Waals surface area contributed by atoms with Crippen molar-refractivity contribution in [2.45, 2.75) is 11.8 Å². The van der Waals surface area contributed by atoms with Gasteiger partial charge in [-0.3, -0.25) is 0 Å². The summed E-state index contributed by atoms with van der Waals surface area (Å²) in [4.78, 5) is 0.894. The lowest BCUT2D eigenvalue weighted by molar-refractivity contribution is 1.45. The molecule has 0 fully saturated rings. The van der Waals surface area contributed by atoms with E-state index in [1.54, 1.807) is 24.5 Å². The molecule has 1 rings (SSSR count). The molecule has 0 aliphatic rings. The third-order valence-electron chi connectivity index (χ3n) is 1.43. The van der Waals surface area contributed by atoms with Gasteiger partial charge in [0.15, 0.2) is 0 Å². The first-order valence-corrected chi connectivity index (χ1v) is 5.45. The number of hydrogen-bond acceptors (Lipinski definition) is 2. The third-order valence-corrected chi connectivity index (χ3v) is 3.17. The van der Waals surface area contributed by atoms with Gasteiger partial charge in [0, 0.05) is 15.5 Å². The van der Waals surface area contributed by atoms with Crippen LogP contribution in [0.5, 0.6) is 0 Å². The van der Waals surface area contributed by atoms with E-state index in [0.29, 0.717) is 15.6 Å². The second kappa shape index (κ2) is 5.31. The number of thioether (sulfide) groups is 1. The molecule has 0 aromatic heterocycles. The molecule has 0 bridgehead atoms. The zero-order chi connectivity index (χ0) is 10.6. The van der Waals surface area contributed by atoms with Gasteiger partial charge < -0.3 is 0 Å². The van der Waals surface area contributed by atoms with Crippen LogP contribution in [0.2, 0.25) is 10.0 Å². The Hall–Kier alpha value is -0.620. The highest BCUT2D eigenvalue weighted by Gasteiger charge is 2.00. The number of benzene rings is 1. The molecular weight excluding hydrogens is 237 g/mol. The topological polar surface area (TPSA) is 23.8 Å². The summed E-state index contributed by atoms with van der Waals surface area (Å²) in [7, 11) is 0. The van der Waals surface area contributed by atoms with Crippen LogP contribution in [0.4, 0.5) is 0 Å². The lowest BCUT2D eigenvalue weighted by atomic mass is 10.4. The van der Waals surface area contributed by atoms with Gasteiger partial charge in [0.05, 0.1) is 11.1 Å². The Bertz CT molecular complexity index is 407. The van der Waals surface area contributed by atoms with Gasteiger partial charge in [0.1, 0.15) is 0 Å². The quantitative estimate of drug-likeness (QED) is 0.564. The summed E-state index contributed by atoms with van der Waals surface area (Å²) >= 11 is 13.1. The number of nitrogens with zero attached hydrogens (tertiary/aromatic N) is 1. The van der Waals surface area contributed by atoms with Crippen molar-refractivity contribution in [3.63, 3.8) is 0 Å². The highest BCUT2D eigenvalue weighted by Crippen LogP contribution is 2.30. The van der Waals surface area contributed by atoms with Crippen molar-refractivity contribution in [3.8, 4) is 6.07 Å². The van der Waals surface area contributed by atoms with Gasteiger partial charge in [0.25, 0.3) is 0 Å². The molecule has 0 N–H and O–H groups in total. The maximum absolute atomic E-state index is 8.54. The van der Waals surface area contributed by atoms with E-state index in [0.717, 1.165) is 4.90 Å². The average Bonchev–Trinajstić information content (AvgIpc) is 2.16. The Labute approximate surface area is 97.3 Å². The van der Waals surface area contributed by atoms with Crippen molar-refractivity contribution in [2.75, 3.05) is 0 Å². The first kappa shape index (κ1) is 11.5. The van der Waals surface area contributed by atoms with E-state index >= 15 is 0 Å². The maximum atomic E-state index is 8.54. The standard InChI is InChI=1S/C10H7Cl2NS/c1-7(5-13)6-14-10-3-2-8(11)4-9(10)12/h2-4,6H,1H3. The first-order valence-electron chi connectivity index (χ1n) is 3.82. The van der Waals surface area contributed by atoms with E-state index < -0.39 is 0 Å². The molecule has 0 unspecified atom stereocenters. The molecule has 0 saturated heterocycles. The van der Waals surface area contributed by atoms with Gasteiger partial charge in [-0.1, -0.05) is 35.0 Å². The molecule has 4 heteroatoms. The molecule has 0 heterocycles. The molecule has 72 valence electrons. The number of allylic oxidation sites excluding steroid dienone is 1. The Morgan fingerprint density at radius 1 is 1.50 bits per heavy atom. The van der Waals surface area contributed by atoms with Crippen LogP contribution in [0.3, 0.4) is 0 Å². The van der Waals surface area contributed by atoms with E-state index in [2.05, 4.69) is 0 Å². The lowest BCUT2D eigenvalue weighted by Crippen LogP contribution is -1.73. The first-order chi connectivity index (χ1) is 6.63. The Kier molecular flexibility index (Phi) is 4.34. The largest absolute Gasteiger partial charge is 0.193 e. The van der Waals surface area contributed by atoms with Crippen molar-refractivity contribution in [3.05, 3.63) is 39.2 Å². The summed E-state index contributed by atoms with van der Waals surface area (Å²) in [5.74, 6) is 0. The fourth-order valence-corrected chi connectivity index (χ4v) is 1.97. The van der Waals surface area contributed by atoms with Crippen LogP contribution in [0.1, 0.15) is 6.92 Å². The summed E-state index contributed by atoms with van der Waals surface area (Å²) in [6.45, 7) is 1.75. The van der Waals surface area contributed by atoms with Crippen molar-refractivity contribution >= 4 is 35.0 Å². The summed E-state index contributed by atoms with van der Waals surface area (Å²) in [5.41, 5.74) is 0.654. The fraction of sp³-hybridized carbons (Fsp3) is 0.100. The summed E-state index contributed by atoms with van der Waals surface area (Å²) in [6.07, 6.45) is 0. The summed E-state index contributed by atoms with van der Waals surface area (Å²) < 4.78 is 0. The van der Waals surface area contributed by atoms with Gasteiger partial charge in [-0.15, -0.1) is 0 Å². The maximum Gasteiger partial charge on any atom is 0.0949 e. The van der Waals surface area contributed by atoms with Crippen LogP contribution in [0.25, 0.3) is 0 Å². The fourth-order valence-electron chi connectivity index (χ4n) is 0.749. The van der Waals surface area contributed by atoms with E-state index in [-0.39, 0.29) is 0 Å². The number of halogens is 2. The zero-order valence-corrected chi connectivity index (χ0v) is 9.75. The third kappa shape index (κ3) is 3.26. The van der Waals surface area contributed by atoms with Gasteiger partial charge in [0.2, 0.25) is 0 Å². The minimum absolute atomic E-state index is 0.601. The number of nitriles is 1. The molecule has 0 aliphatic carbocycles. The molecule has 14 heavy (non-hydrogen) atoms. The van der Waals surface area contributed by atoms with E-state index in [9.17, 15) is 0 Å². The predicted octanol–water partition coefficient (Wildman–Crippen LogP) is 4.51. The van der Waals surface area contributed by atoms with E-state index in [4.69, 9.17) is 28.5 Å². The van der Waals surface area contributed by atoms with Gasteiger partial charge in [-0.05, 0) is 30.5 Å². The Balaban J connectivity index is 2.84. The average molecular weight is 244 g/mol. The molecule has 1 nitrogen and oxygen atoms in total. The van der Waals surface area contributed by atoms with Crippen molar-refractivity contribution in [2.24, 2.45) is 0 Å². The molecule has 0 radical (unpaired) electrons. The zero-order valence-electron chi connectivity index (χ0n) is 7.42. The minimum Gasteiger partial charge on any atom is -0.193 e. The molecule has 1 aromatic rings. The highest BCUT2D eigenvalue weighted by molar-refractivity contribution is 8.02. The molecule has 0 aliphatic heterocycles. The van der Waals surface area contributed by atoms with E-state index in [1.807, 2.05) is 12.1 Å². The smallest absolute Gasteiger partial charge is 0.0949 e. The molecule has 0 atom stereocenters. The van der Waals surface area contributed by atoms with Crippen LogP contribution < -0.4 is 0 Å². The van der Waals surface area contributed by atoms with Crippen LogP contribution in [-0.4, -0.2) is 0 Å². The highest BCUT2D eigenvalue weighted by atomic mass is 35.5. The minimum atomic E-state index is 0.601. The van der Waals surface area contributed by atoms with Crippen LogP contribution >= 0.6 is 35.0 Å². The van der Waals surface area contributed by atoms with Gasteiger partial charge in [-0.25, -0.2) is 0 Å². The van der Waals surface area contributed by atoms with Crippen molar-refractivity contribution < 1.29 is 0 Å². The Morgan fingerprint density at radius 3 is 2.79 bits per heavy atom. The second-order valence-corrected chi connectivity index (χ2v) is 4.36. The monoisotopic (exact) mass is 243 g/mol. The normalized spacial score (nSPS) is 11.1. The van der Waals surface area contributed by atoms with Crippen LogP contribution in [0, 0.1) is 11.3 Å². The molecule has 0 amide bonds. The van der Waals surface area contributed by atoms with E-state index in [1.165, 1.54) is 11.8 Å². The van der Waals surface area contributed by atoms with Crippen LogP contribution in [0.15, 0.2) is 34.1 Å². The molecule has 0 spiro atoms. The number of rotatable bonds is 2. The lowest BCUT2D eigenvalue weighted by Gasteiger charge is -2.00. The van der Waals surface area contributed by atoms with Crippen molar-refractivity contribution in [1.82, 2.24) is 0 Å². The predicted molar refractivity (Wildman–Crippen MR) is 61.7 cm³/mol. The van der Waals surface area contributed by atoms with Crippen LogP contribution in [-0.2, 0) is 0 Å².